The molecule has 12 rings (SSSR count). The number of ether oxygens (including phenoxy) is 1. The van der Waals surface area contributed by atoms with E-state index in [2.05, 4.69) is 220 Å². The van der Waals surface area contributed by atoms with Gasteiger partial charge in [-0.1, -0.05) is 149 Å². The number of allylic oxidation sites excluding steroid dienone is 2. The molecule has 8 aromatic carbocycles. The third-order valence-electron chi connectivity index (χ3n) is 14.7. The van der Waals surface area contributed by atoms with Crippen molar-refractivity contribution in [2.24, 2.45) is 5.92 Å². The van der Waals surface area contributed by atoms with Gasteiger partial charge in [0.2, 0.25) is 0 Å². The minimum atomic E-state index is -0.287. The van der Waals surface area contributed by atoms with E-state index < -0.39 is 0 Å². The van der Waals surface area contributed by atoms with Gasteiger partial charge in [-0.3, -0.25) is 0 Å². The normalized spacial score (nSPS) is 19.4. The van der Waals surface area contributed by atoms with E-state index in [0.717, 1.165) is 41.4 Å². The fourth-order valence-electron chi connectivity index (χ4n) is 11.7. The van der Waals surface area contributed by atoms with Gasteiger partial charge < -0.3 is 14.5 Å². The second kappa shape index (κ2) is 14.4. The fourth-order valence-corrected chi connectivity index (χ4v) is 11.7. The van der Waals surface area contributed by atoms with Crippen molar-refractivity contribution >= 4 is 68.0 Å². The van der Waals surface area contributed by atoms with Crippen molar-refractivity contribution in [3.63, 3.8) is 0 Å². The minimum absolute atomic E-state index is 0.00679. The average molecular weight is 815 g/mol. The predicted molar refractivity (Wildman–Crippen MR) is 266 cm³/mol. The van der Waals surface area contributed by atoms with Crippen LogP contribution in [-0.2, 0) is 10.8 Å². The molecule has 0 amide bonds. The van der Waals surface area contributed by atoms with Gasteiger partial charge in [-0.15, -0.1) is 0 Å². The summed E-state index contributed by atoms with van der Waals surface area (Å²) < 4.78 is 7.42. The molecule has 0 fully saturated rings. The number of anilines is 6. The minimum Gasteiger partial charge on any atom is -0.458 e. The van der Waals surface area contributed by atoms with Crippen LogP contribution in [0.3, 0.4) is 0 Å². The van der Waals surface area contributed by atoms with E-state index in [1.165, 1.54) is 84.9 Å². The van der Waals surface area contributed by atoms with Crippen molar-refractivity contribution in [3.05, 3.63) is 199 Å². The molecular weight excluding hydrogens is 763 g/mol. The Morgan fingerprint density at radius 3 is 2.05 bits per heavy atom. The van der Waals surface area contributed by atoms with Crippen molar-refractivity contribution in [1.82, 2.24) is 0 Å². The first kappa shape index (κ1) is 37.9. The summed E-state index contributed by atoms with van der Waals surface area (Å²) >= 11 is 0. The number of hydrogen-bond acceptors (Lipinski definition) is 3. The highest BCUT2D eigenvalue weighted by atomic mass is 16.5. The van der Waals surface area contributed by atoms with Gasteiger partial charge >= 0.3 is 0 Å². The molecule has 2 atom stereocenters. The van der Waals surface area contributed by atoms with Gasteiger partial charge in [-0.05, 0) is 142 Å². The lowest BCUT2D eigenvalue weighted by molar-refractivity contribution is 0.377. The number of rotatable bonds is 5. The summed E-state index contributed by atoms with van der Waals surface area (Å²) in [6.45, 7) is 9.72. The highest BCUT2D eigenvalue weighted by Crippen LogP contribution is 2.56. The molecule has 0 saturated carbocycles. The van der Waals surface area contributed by atoms with E-state index in [4.69, 9.17) is 4.74 Å². The van der Waals surface area contributed by atoms with Crippen molar-refractivity contribution < 1.29 is 4.74 Å². The number of hydrogen-bond donors (Lipinski definition) is 0. The molecule has 2 aliphatic heterocycles. The van der Waals surface area contributed by atoms with E-state index in [0.29, 0.717) is 5.92 Å². The molecule has 0 saturated heterocycles. The lowest BCUT2D eigenvalue weighted by Gasteiger charge is -2.42. The van der Waals surface area contributed by atoms with Crippen LogP contribution in [0.15, 0.2) is 182 Å². The Balaban J connectivity index is 1.09. The van der Waals surface area contributed by atoms with Crippen molar-refractivity contribution in [1.29, 1.82) is 0 Å². The number of fused-ring (bicyclic) bond motifs is 9. The lowest BCUT2D eigenvalue weighted by atomic mass is 9.34. The van der Waals surface area contributed by atoms with Crippen LogP contribution in [0.5, 0.6) is 11.5 Å². The summed E-state index contributed by atoms with van der Waals surface area (Å²) in [5, 5.41) is 2.48. The van der Waals surface area contributed by atoms with Crippen LogP contribution < -0.4 is 30.9 Å². The molecule has 0 bridgehead atoms. The average Bonchev–Trinajstić information content (AvgIpc) is 3.53. The molecule has 4 heteroatoms. The van der Waals surface area contributed by atoms with Crippen LogP contribution in [0, 0.1) is 5.92 Å². The van der Waals surface area contributed by atoms with Crippen LogP contribution in [0.4, 0.5) is 34.1 Å². The second-order valence-corrected chi connectivity index (χ2v) is 19.2. The Hall–Kier alpha value is -6.78. The third kappa shape index (κ3) is 5.87. The molecule has 306 valence electrons. The Bertz CT molecular complexity index is 3080. The van der Waals surface area contributed by atoms with Gasteiger partial charge in [-0.25, -0.2) is 0 Å². The maximum Gasteiger partial charge on any atom is 0.256 e. The van der Waals surface area contributed by atoms with Crippen LogP contribution in [0.25, 0.3) is 21.9 Å². The monoisotopic (exact) mass is 814 g/mol. The predicted octanol–water partition coefficient (Wildman–Crippen LogP) is 14.0. The van der Waals surface area contributed by atoms with E-state index in [9.17, 15) is 0 Å². The molecule has 0 radical (unpaired) electrons. The highest BCUT2D eigenvalue weighted by Gasteiger charge is 2.46. The molecule has 0 aromatic heterocycles. The number of para-hydroxylation sites is 4. The van der Waals surface area contributed by atoms with Crippen LogP contribution in [-0.4, -0.2) is 6.71 Å². The second-order valence-electron chi connectivity index (χ2n) is 19.2. The third-order valence-corrected chi connectivity index (χ3v) is 14.7. The molecule has 0 spiro atoms. The zero-order chi connectivity index (χ0) is 42.5. The zero-order valence-corrected chi connectivity index (χ0v) is 36.6. The first-order valence-corrected chi connectivity index (χ1v) is 22.9. The standard InChI is InChI=1S/C59H51BN2O/c1-39-21-9-8-20-32-59(4,38-39)40-33-53-57-55(34-40)63-54-35-46-47(36-50(54)60(57)49-30-18-19-31-51(49)62(53)43-26-14-7-15-27-43)58(2,3)48-37-52(44-28-16-17-29-45(44)56(46)48)61(41-22-10-5-11-23-41)42-24-12-6-13-25-42/h5-7,10-20,22-37,39H,8-9,21,38H2,1-4H3/b32-20+. The van der Waals surface area contributed by atoms with Crippen molar-refractivity contribution in [3.8, 4) is 22.6 Å². The molecule has 2 unspecified atom stereocenters. The van der Waals surface area contributed by atoms with Gasteiger partial charge in [0.25, 0.3) is 6.71 Å². The fraction of sp³-hybridized carbons (Fsp3) is 0.186. The van der Waals surface area contributed by atoms with Crippen LogP contribution in [0.1, 0.15) is 70.1 Å². The first-order chi connectivity index (χ1) is 30.8. The lowest BCUT2D eigenvalue weighted by Crippen LogP contribution is -2.59. The molecule has 2 aliphatic carbocycles. The maximum atomic E-state index is 7.42. The van der Waals surface area contributed by atoms with Gasteiger partial charge in [0.15, 0.2) is 0 Å². The van der Waals surface area contributed by atoms with Gasteiger partial charge in [0.1, 0.15) is 11.5 Å². The Kier molecular flexibility index (Phi) is 8.67. The largest absolute Gasteiger partial charge is 0.458 e. The van der Waals surface area contributed by atoms with Crippen molar-refractivity contribution in [2.75, 3.05) is 9.80 Å². The SMILES string of the molecule is CC1CCC/C=C/C(C)(c2cc3c4c(c2)N(c2ccccc2)c2ccccc2B4c2cc4c(cc2O3)-c2c(cc(N(c3ccccc3)c3ccccc3)c3ccccc23)C4(C)C)C1. The molecule has 2 heterocycles. The first-order valence-electron chi connectivity index (χ1n) is 22.9. The van der Waals surface area contributed by atoms with Crippen LogP contribution >= 0.6 is 0 Å². The van der Waals surface area contributed by atoms with Gasteiger partial charge in [0.05, 0.1) is 5.69 Å². The van der Waals surface area contributed by atoms with Gasteiger partial charge in [0, 0.05) is 44.7 Å². The summed E-state index contributed by atoms with van der Waals surface area (Å²) in [7, 11) is 0. The Morgan fingerprint density at radius 2 is 1.30 bits per heavy atom. The molecular formula is C59H51BN2O. The topological polar surface area (TPSA) is 15.7 Å². The van der Waals surface area contributed by atoms with E-state index in [1.54, 1.807) is 0 Å². The van der Waals surface area contributed by atoms with Crippen molar-refractivity contribution in [2.45, 2.75) is 64.2 Å². The highest BCUT2D eigenvalue weighted by molar-refractivity contribution is 6.99. The zero-order valence-electron chi connectivity index (χ0n) is 36.6. The quantitative estimate of drug-likeness (QED) is 0.127. The molecule has 0 N–H and O–H groups in total. The maximum absolute atomic E-state index is 7.42. The van der Waals surface area contributed by atoms with Gasteiger partial charge in [-0.2, -0.15) is 0 Å². The van der Waals surface area contributed by atoms with E-state index >= 15 is 0 Å². The number of benzene rings is 8. The summed E-state index contributed by atoms with van der Waals surface area (Å²) in [4.78, 5) is 4.92. The molecule has 8 aromatic rings. The van der Waals surface area contributed by atoms with Crippen LogP contribution in [0.2, 0.25) is 0 Å². The van der Waals surface area contributed by atoms with E-state index in [1.807, 2.05) is 0 Å². The Morgan fingerprint density at radius 1 is 0.635 bits per heavy atom. The summed E-state index contributed by atoms with van der Waals surface area (Å²) in [6, 6.07) is 62.9. The smallest absolute Gasteiger partial charge is 0.256 e. The summed E-state index contributed by atoms with van der Waals surface area (Å²) in [5.41, 5.74) is 17.0. The molecule has 3 nitrogen and oxygen atoms in total. The summed E-state index contributed by atoms with van der Waals surface area (Å²) in [5.74, 6) is 2.55. The molecule has 4 aliphatic rings. The Labute approximate surface area is 372 Å². The summed E-state index contributed by atoms with van der Waals surface area (Å²) in [6.07, 6.45) is 9.66. The van der Waals surface area contributed by atoms with E-state index in [-0.39, 0.29) is 17.5 Å². The number of nitrogens with zero attached hydrogens (tertiary/aromatic N) is 2. The molecule has 63 heavy (non-hydrogen) atoms.